The van der Waals surface area contributed by atoms with Crippen molar-refractivity contribution in [3.05, 3.63) is 57.6 Å². The number of hydroxylamine groups is 2. The van der Waals surface area contributed by atoms with Crippen LogP contribution in [-0.4, -0.2) is 38.7 Å². The third kappa shape index (κ3) is 4.91. The zero-order chi connectivity index (χ0) is 22.4. The lowest BCUT2D eigenvalue weighted by Crippen LogP contribution is -2.31. The molecule has 0 unspecified atom stereocenters. The molecule has 0 bridgehead atoms. The highest BCUT2D eigenvalue weighted by Gasteiger charge is 2.23. The Morgan fingerprint density at radius 1 is 1.16 bits per heavy atom. The Bertz CT molecular complexity index is 1090. The Hall–Kier alpha value is -2.84. The predicted molar refractivity (Wildman–Crippen MR) is 123 cm³/mol. The van der Waals surface area contributed by atoms with Crippen LogP contribution < -0.4 is 5.56 Å². The lowest BCUT2D eigenvalue weighted by molar-refractivity contribution is -0.103. The van der Waals surface area contributed by atoms with E-state index in [-0.39, 0.29) is 5.56 Å². The molecular formula is C23H28N4O3S. The van der Waals surface area contributed by atoms with Crippen LogP contribution in [0.3, 0.4) is 0 Å². The summed E-state index contributed by atoms with van der Waals surface area (Å²) in [6.45, 7) is 9.52. The Labute approximate surface area is 186 Å². The molecule has 3 aromatic rings. The zero-order valence-corrected chi connectivity index (χ0v) is 19.2. The molecule has 0 N–H and O–H groups in total. The van der Waals surface area contributed by atoms with Crippen LogP contribution in [0, 0.1) is 0 Å². The van der Waals surface area contributed by atoms with E-state index in [4.69, 9.17) is 4.84 Å². The Kier molecular flexibility index (Phi) is 7.70. The summed E-state index contributed by atoms with van der Waals surface area (Å²) in [4.78, 5) is 40.7. The van der Waals surface area contributed by atoms with Crippen molar-refractivity contribution < 1.29 is 9.63 Å². The van der Waals surface area contributed by atoms with E-state index in [1.165, 1.54) is 11.3 Å². The molecule has 0 amide bonds. The van der Waals surface area contributed by atoms with Gasteiger partial charge in [-0.1, -0.05) is 13.8 Å². The van der Waals surface area contributed by atoms with E-state index in [9.17, 15) is 9.59 Å². The van der Waals surface area contributed by atoms with Gasteiger partial charge in [-0.25, -0.2) is 9.78 Å². The predicted octanol–water partition coefficient (Wildman–Crippen LogP) is 4.42. The van der Waals surface area contributed by atoms with Gasteiger partial charge in [0.1, 0.15) is 5.01 Å². The lowest BCUT2D eigenvalue weighted by atomic mass is 10.1. The largest absolute Gasteiger partial charge is 0.364 e. The monoisotopic (exact) mass is 440 g/mol. The van der Waals surface area contributed by atoms with Crippen molar-refractivity contribution in [3.8, 4) is 21.8 Å². The summed E-state index contributed by atoms with van der Waals surface area (Å²) >= 11 is 1.46. The fourth-order valence-electron chi connectivity index (χ4n) is 3.45. The maximum Gasteiger partial charge on any atom is 0.358 e. The Balaban J connectivity index is 2.12. The van der Waals surface area contributed by atoms with E-state index < -0.39 is 5.97 Å². The SMILES string of the molecule is CCCn1c(CC)c(C(=O)ON(CC)CC)cc(-c2csc(-c3ccncc3)n2)c1=O. The lowest BCUT2D eigenvalue weighted by Gasteiger charge is -2.20. The number of rotatable bonds is 9. The van der Waals surface area contributed by atoms with Crippen molar-refractivity contribution in [1.82, 2.24) is 19.6 Å². The van der Waals surface area contributed by atoms with Gasteiger partial charge in [0.05, 0.1) is 16.8 Å². The normalized spacial score (nSPS) is 11.1. The first-order chi connectivity index (χ1) is 15.0. The van der Waals surface area contributed by atoms with Gasteiger partial charge in [0.2, 0.25) is 0 Å². The fourth-order valence-corrected chi connectivity index (χ4v) is 4.27. The molecule has 0 aliphatic carbocycles. The summed E-state index contributed by atoms with van der Waals surface area (Å²) in [5, 5.41) is 4.25. The smallest absolute Gasteiger partial charge is 0.358 e. The van der Waals surface area contributed by atoms with Crippen LogP contribution >= 0.6 is 11.3 Å². The second kappa shape index (κ2) is 10.5. The molecule has 0 saturated heterocycles. The molecule has 0 aliphatic rings. The summed E-state index contributed by atoms with van der Waals surface area (Å²) in [7, 11) is 0. The van der Waals surface area contributed by atoms with E-state index in [1.807, 2.05) is 45.2 Å². The average molecular weight is 441 g/mol. The number of carbonyl (C=O) groups excluding carboxylic acids is 1. The molecule has 164 valence electrons. The van der Waals surface area contributed by atoms with E-state index in [1.54, 1.807) is 28.1 Å². The van der Waals surface area contributed by atoms with Crippen molar-refractivity contribution >= 4 is 17.3 Å². The number of carbonyl (C=O) groups is 1. The first-order valence-electron chi connectivity index (χ1n) is 10.6. The standard InChI is InChI=1S/C23H28N4O3S/c1-5-13-27-20(6-2)18(23(29)30-26(7-3)8-4)14-17(22(27)28)19-15-31-21(25-19)16-9-11-24-12-10-16/h9-12,14-15H,5-8,13H2,1-4H3. The molecular weight excluding hydrogens is 412 g/mol. The van der Waals surface area contributed by atoms with Gasteiger partial charge >= 0.3 is 5.97 Å². The quantitative estimate of drug-likeness (QED) is 0.459. The molecule has 31 heavy (non-hydrogen) atoms. The third-order valence-corrected chi connectivity index (χ3v) is 5.92. The van der Waals surface area contributed by atoms with Crippen LogP contribution in [0.1, 0.15) is 50.2 Å². The number of nitrogens with zero attached hydrogens (tertiary/aromatic N) is 4. The fraction of sp³-hybridized carbons (Fsp3) is 0.391. The molecule has 0 fully saturated rings. The summed E-state index contributed by atoms with van der Waals surface area (Å²) in [6.07, 6.45) is 4.75. The molecule has 0 aromatic carbocycles. The first kappa shape index (κ1) is 22.8. The molecule has 0 spiro atoms. The zero-order valence-electron chi connectivity index (χ0n) is 18.4. The van der Waals surface area contributed by atoms with Gasteiger partial charge in [0.15, 0.2) is 0 Å². The van der Waals surface area contributed by atoms with Crippen LogP contribution in [0.2, 0.25) is 0 Å². The Morgan fingerprint density at radius 2 is 1.87 bits per heavy atom. The summed E-state index contributed by atoms with van der Waals surface area (Å²) < 4.78 is 1.69. The number of pyridine rings is 2. The highest BCUT2D eigenvalue weighted by Crippen LogP contribution is 2.28. The van der Waals surface area contributed by atoms with Crippen molar-refractivity contribution in [1.29, 1.82) is 0 Å². The van der Waals surface area contributed by atoms with Gasteiger partial charge in [-0.15, -0.1) is 16.4 Å². The summed E-state index contributed by atoms with van der Waals surface area (Å²) in [5.41, 5.74) is 2.88. The molecule has 3 rings (SSSR count). The molecule has 0 atom stereocenters. The van der Waals surface area contributed by atoms with Crippen molar-refractivity contribution in [2.24, 2.45) is 0 Å². The highest BCUT2D eigenvalue weighted by molar-refractivity contribution is 7.13. The van der Waals surface area contributed by atoms with Crippen LogP contribution in [-0.2, 0) is 17.8 Å². The summed E-state index contributed by atoms with van der Waals surface area (Å²) in [5.74, 6) is -0.448. The van der Waals surface area contributed by atoms with Crippen LogP contribution in [0.25, 0.3) is 21.8 Å². The number of aromatic nitrogens is 3. The van der Waals surface area contributed by atoms with Crippen molar-refractivity contribution in [2.45, 2.75) is 47.1 Å². The van der Waals surface area contributed by atoms with E-state index in [2.05, 4.69) is 9.97 Å². The molecule has 3 aromatic heterocycles. The highest BCUT2D eigenvalue weighted by atomic mass is 32.1. The first-order valence-corrected chi connectivity index (χ1v) is 11.5. The third-order valence-electron chi connectivity index (χ3n) is 5.03. The van der Waals surface area contributed by atoms with Crippen LogP contribution in [0.5, 0.6) is 0 Å². The van der Waals surface area contributed by atoms with Crippen molar-refractivity contribution in [2.75, 3.05) is 13.1 Å². The minimum Gasteiger partial charge on any atom is -0.364 e. The molecule has 0 radical (unpaired) electrons. The number of thiazole rings is 1. The molecule has 0 saturated carbocycles. The second-order valence-corrected chi connectivity index (χ2v) is 7.85. The van der Waals surface area contributed by atoms with Gasteiger partial charge in [0.25, 0.3) is 5.56 Å². The van der Waals surface area contributed by atoms with E-state index in [0.29, 0.717) is 48.6 Å². The van der Waals surface area contributed by atoms with E-state index in [0.717, 1.165) is 17.0 Å². The molecule has 0 aliphatic heterocycles. The van der Waals surface area contributed by atoms with E-state index >= 15 is 0 Å². The summed E-state index contributed by atoms with van der Waals surface area (Å²) in [6, 6.07) is 5.40. The average Bonchev–Trinajstić information content (AvgIpc) is 3.29. The minimum absolute atomic E-state index is 0.135. The number of hydrogen-bond donors (Lipinski definition) is 0. The molecule has 8 heteroatoms. The van der Waals surface area contributed by atoms with Gasteiger partial charge in [-0.2, -0.15) is 0 Å². The second-order valence-electron chi connectivity index (χ2n) is 7.00. The van der Waals surface area contributed by atoms with Crippen molar-refractivity contribution in [3.63, 3.8) is 0 Å². The van der Waals surface area contributed by atoms with Crippen LogP contribution in [0.4, 0.5) is 0 Å². The van der Waals surface area contributed by atoms with Crippen LogP contribution in [0.15, 0.2) is 40.8 Å². The Morgan fingerprint density at radius 3 is 2.48 bits per heavy atom. The van der Waals surface area contributed by atoms with Gasteiger partial charge in [-0.05, 0) is 44.9 Å². The molecule has 7 nitrogen and oxygen atoms in total. The van der Waals surface area contributed by atoms with Gasteiger partial charge < -0.3 is 9.40 Å². The maximum absolute atomic E-state index is 13.3. The number of hydrogen-bond acceptors (Lipinski definition) is 7. The maximum atomic E-state index is 13.3. The topological polar surface area (TPSA) is 77.3 Å². The van der Waals surface area contributed by atoms with Gasteiger partial charge in [0, 0.05) is 48.7 Å². The molecule has 3 heterocycles. The minimum atomic E-state index is -0.448. The van der Waals surface area contributed by atoms with Gasteiger partial charge in [-0.3, -0.25) is 9.78 Å².